The first kappa shape index (κ1) is 23.7. The van der Waals surface area contributed by atoms with Gasteiger partial charge in [-0.3, -0.25) is 4.79 Å². The Morgan fingerprint density at radius 1 is 0.781 bits per heavy atom. The van der Waals surface area contributed by atoms with Crippen molar-refractivity contribution in [1.82, 2.24) is 5.32 Å². The summed E-state index contributed by atoms with van der Waals surface area (Å²) in [7, 11) is 0. The van der Waals surface area contributed by atoms with E-state index in [4.69, 9.17) is 18.9 Å². The third-order valence-electron chi connectivity index (χ3n) is 5.38. The molecule has 2 aromatic carbocycles. The van der Waals surface area contributed by atoms with Crippen LogP contribution in [0.5, 0.6) is 23.0 Å². The second-order valence-corrected chi connectivity index (χ2v) is 7.54. The van der Waals surface area contributed by atoms with Gasteiger partial charge in [0.25, 0.3) is 0 Å². The van der Waals surface area contributed by atoms with Crippen molar-refractivity contribution in [3.8, 4) is 23.0 Å². The summed E-state index contributed by atoms with van der Waals surface area (Å²) in [6, 6.07) is 10.2. The molecule has 1 fully saturated rings. The van der Waals surface area contributed by atoms with E-state index in [1.807, 2.05) is 27.7 Å². The van der Waals surface area contributed by atoms with Gasteiger partial charge >= 0.3 is 0 Å². The average molecular weight is 444 g/mol. The minimum absolute atomic E-state index is 0.0922. The van der Waals surface area contributed by atoms with Crippen molar-refractivity contribution in [2.24, 2.45) is 0 Å². The van der Waals surface area contributed by atoms with Crippen molar-refractivity contribution in [2.75, 3.05) is 26.4 Å². The van der Waals surface area contributed by atoms with Crippen LogP contribution in [0.3, 0.4) is 0 Å². The SMILES string of the molecule is CCOc1cc(OCC)cc(C(O)(c2cc(OCC)cc(OCC)c2)[C@H]2CCC(=O)N2)c1. The van der Waals surface area contributed by atoms with Gasteiger partial charge in [0.2, 0.25) is 5.91 Å². The van der Waals surface area contributed by atoms with E-state index in [0.717, 1.165) is 0 Å². The van der Waals surface area contributed by atoms with Crippen LogP contribution >= 0.6 is 0 Å². The Labute approximate surface area is 189 Å². The van der Waals surface area contributed by atoms with Gasteiger partial charge in [0, 0.05) is 18.6 Å². The van der Waals surface area contributed by atoms with Crippen molar-refractivity contribution < 1.29 is 28.8 Å². The van der Waals surface area contributed by atoms with Crippen molar-refractivity contribution in [2.45, 2.75) is 52.2 Å². The first-order chi connectivity index (χ1) is 15.4. The van der Waals surface area contributed by atoms with Crippen LogP contribution in [0.15, 0.2) is 36.4 Å². The van der Waals surface area contributed by atoms with Crippen molar-refractivity contribution in [3.63, 3.8) is 0 Å². The molecule has 2 aromatic rings. The lowest BCUT2D eigenvalue weighted by Gasteiger charge is -2.36. The first-order valence-corrected chi connectivity index (χ1v) is 11.3. The zero-order valence-corrected chi connectivity index (χ0v) is 19.3. The van der Waals surface area contributed by atoms with Gasteiger partial charge in [0.1, 0.15) is 28.6 Å². The van der Waals surface area contributed by atoms with E-state index in [0.29, 0.717) is 73.4 Å². The molecular formula is C25H33NO6. The number of carbonyl (C=O) groups excluding carboxylic acids is 1. The molecule has 1 heterocycles. The Morgan fingerprint density at radius 3 is 1.44 bits per heavy atom. The van der Waals surface area contributed by atoms with Crippen LogP contribution in [-0.4, -0.2) is 43.5 Å². The third kappa shape index (κ3) is 5.10. The molecule has 1 atom stereocenters. The topological polar surface area (TPSA) is 86.2 Å². The molecule has 2 N–H and O–H groups in total. The fourth-order valence-electron chi connectivity index (χ4n) is 4.08. The molecule has 0 spiro atoms. The maximum absolute atomic E-state index is 12.3. The van der Waals surface area contributed by atoms with E-state index < -0.39 is 11.6 Å². The van der Waals surface area contributed by atoms with Crippen LogP contribution < -0.4 is 24.3 Å². The lowest BCUT2D eigenvalue weighted by molar-refractivity contribution is -0.120. The van der Waals surface area contributed by atoms with Crippen LogP contribution in [0.2, 0.25) is 0 Å². The van der Waals surface area contributed by atoms with Crippen molar-refractivity contribution in [1.29, 1.82) is 0 Å². The lowest BCUT2D eigenvalue weighted by Crippen LogP contribution is -2.47. The van der Waals surface area contributed by atoms with E-state index in [1.165, 1.54) is 0 Å². The number of carbonyl (C=O) groups is 1. The first-order valence-electron chi connectivity index (χ1n) is 11.3. The number of benzene rings is 2. The standard InChI is InChI=1S/C25H33NO6/c1-5-29-19-11-17(12-20(15-19)30-6-2)25(28,23-9-10-24(27)26-23)18-13-21(31-7-3)16-22(14-18)32-8-4/h11-16,23,28H,5-10H2,1-4H3,(H,26,27)/t23-/m1/s1. The van der Waals surface area contributed by atoms with E-state index >= 15 is 0 Å². The van der Waals surface area contributed by atoms with Crippen molar-refractivity contribution >= 4 is 5.91 Å². The zero-order valence-electron chi connectivity index (χ0n) is 19.3. The summed E-state index contributed by atoms with van der Waals surface area (Å²) in [4.78, 5) is 12.1. The average Bonchev–Trinajstić information content (AvgIpc) is 3.20. The number of ether oxygens (including phenoxy) is 4. The molecule has 0 aliphatic carbocycles. The number of aliphatic hydroxyl groups is 1. The quantitative estimate of drug-likeness (QED) is 0.550. The summed E-state index contributed by atoms with van der Waals surface area (Å²) in [5.74, 6) is 2.25. The second-order valence-electron chi connectivity index (χ2n) is 7.54. The van der Waals surface area contributed by atoms with E-state index in [9.17, 15) is 9.90 Å². The summed E-state index contributed by atoms with van der Waals surface area (Å²) in [6.07, 6.45) is 0.834. The van der Waals surface area contributed by atoms with E-state index in [1.54, 1.807) is 36.4 Å². The minimum atomic E-state index is -1.55. The Hall–Kier alpha value is -2.93. The van der Waals surface area contributed by atoms with E-state index in [2.05, 4.69) is 5.32 Å². The molecule has 174 valence electrons. The van der Waals surface area contributed by atoms with Gasteiger partial charge < -0.3 is 29.4 Å². The summed E-state index contributed by atoms with van der Waals surface area (Å²) in [5.41, 5.74) is -0.422. The molecule has 7 nitrogen and oxygen atoms in total. The van der Waals surface area contributed by atoms with Gasteiger partial charge in [-0.25, -0.2) is 0 Å². The monoisotopic (exact) mass is 443 g/mol. The van der Waals surface area contributed by atoms with Gasteiger partial charge in [-0.05, 0) is 69.5 Å². The van der Waals surface area contributed by atoms with Crippen LogP contribution in [0.4, 0.5) is 0 Å². The molecule has 1 aliphatic rings. The number of hydrogen-bond donors (Lipinski definition) is 2. The van der Waals surface area contributed by atoms with Crippen LogP contribution in [-0.2, 0) is 10.4 Å². The summed E-state index contributed by atoms with van der Waals surface area (Å²) in [5, 5.41) is 15.3. The molecule has 1 aliphatic heterocycles. The summed E-state index contributed by atoms with van der Waals surface area (Å²) >= 11 is 0. The molecule has 0 unspecified atom stereocenters. The highest BCUT2D eigenvalue weighted by Gasteiger charge is 2.45. The second kappa shape index (κ2) is 10.6. The fourth-order valence-corrected chi connectivity index (χ4v) is 4.08. The molecule has 0 aromatic heterocycles. The summed E-state index contributed by atoms with van der Waals surface area (Å²) < 4.78 is 23.0. The highest BCUT2D eigenvalue weighted by molar-refractivity contribution is 5.79. The van der Waals surface area contributed by atoms with Crippen LogP contribution in [0.1, 0.15) is 51.7 Å². The van der Waals surface area contributed by atoms with Crippen molar-refractivity contribution in [3.05, 3.63) is 47.5 Å². The Bertz CT molecular complexity index is 821. The smallest absolute Gasteiger partial charge is 0.220 e. The maximum atomic E-state index is 12.3. The van der Waals surface area contributed by atoms with Gasteiger partial charge in [0.15, 0.2) is 0 Å². The number of hydrogen-bond acceptors (Lipinski definition) is 6. The predicted octanol–water partition coefficient (Wildman–Crippen LogP) is 3.80. The molecule has 32 heavy (non-hydrogen) atoms. The Kier molecular flexibility index (Phi) is 7.85. The fraction of sp³-hybridized carbons (Fsp3) is 0.480. The van der Waals surface area contributed by atoms with E-state index in [-0.39, 0.29) is 5.91 Å². The molecule has 1 saturated heterocycles. The van der Waals surface area contributed by atoms with Gasteiger partial charge in [0.05, 0.1) is 32.5 Å². The van der Waals surface area contributed by atoms with Gasteiger partial charge in [-0.2, -0.15) is 0 Å². The molecule has 0 saturated carbocycles. The lowest BCUT2D eigenvalue weighted by atomic mass is 9.79. The number of nitrogens with one attached hydrogen (secondary N) is 1. The largest absolute Gasteiger partial charge is 0.494 e. The zero-order chi connectivity index (χ0) is 23.1. The molecule has 7 heteroatoms. The Balaban J connectivity index is 2.21. The molecule has 0 bridgehead atoms. The maximum Gasteiger partial charge on any atom is 0.220 e. The highest BCUT2D eigenvalue weighted by atomic mass is 16.5. The van der Waals surface area contributed by atoms with Gasteiger partial charge in [-0.1, -0.05) is 0 Å². The molecule has 1 amide bonds. The normalized spacial score (nSPS) is 15.9. The van der Waals surface area contributed by atoms with Gasteiger partial charge in [-0.15, -0.1) is 0 Å². The predicted molar refractivity (Wildman–Crippen MR) is 122 cm³/mol. The third-order valence-corrected chi connectivity index (χ3v) is 5.38. The summed E-state index contributed by atoms with van der Waals surface area (Å²) in [6.45, 7) is 9.49. The Morgan fingerprint density at radius 2 is 1.16 bits per heavy atom. The number of rotatable bonds is 11. The molecule has 0 radical (unpaired) electrons. The molecule has 3 rings (SSSR count). The van der Waals surface area contributed by atoms with Crippen LogP contribution in [0.25, 0.3) is 0 Å². The molecular weight excluding hydrogens is 410 g/mol. The number of amides is 1. The minimum Gasteiger partial charge on any atom is -0.494 e. The van der Waals surface area contributed by atoms with Crippen LogP contribution in [0, 0.1) is 0 Å². The highest BCUT2D eigenvalue weighted by Crippen LogP contribution is 2.42.